The summed E-state index contributed by atoms with van der Waals surface area (Å²) in [7, 11) is 0. The highest BCUT2D eigenvalue weighted by molar-refractivity contribution is 5.88. The molecule has 11 heteroatoms. The lowest BCUT2D eigenvalue weighted by Crippen LogP contribution is -2.33. The average Bonchev–Trinajstić information content (AvgIpc) is 2.69. The fraction of sp³-hybridized carbons (Fsp3) is 0.444. The summed E-state index contributed by atoms with van der Waals surface area (Å²) >= 11 is 0. The molecule has 6 N–H and O–H groups in total. The van der Waals surface area contributed by atoms with E-state index in [0.29, 0.717) is 30.7 Å². The van der Waals surface area contributed by atoms with Gasteiger partial charge in [0.1, 0.15) is 12.0 Å². The van der Waals surface area contributed by atoms with Gasteiger partial charge in [0.05, 0.1) is 19.8 Å². The van der Waals surface area contributed by atoms with Gasteiger partial charge in [0, 0.05) is 23.6 Å². The van der Waals surface area contributed by atoms with Crippen molar-refractivity contribution in [3.63, 3.8) is 0 Å². The van der Waals surface area contributed by atoms with Crippen molar-refractivity contribution in [2.24, 2.45) is 10.8 Å². The minimum atomic E-state index is -2.10. The standard InChI is InChI=1S/C12H12O8.C6H14O3/c1-2-10(17)20-7-12(11(18)19,5-3-8(13)14)6-4-9(15)16;1-2-6(3-7,4-8)5-9/h2-6H,1,7H2,(H,13,14)(H,15,16)(H,18,19);7-9H,2-5H2,1H3. The highest BCUT2D eigenvalue weighted by Gasteiger charge is 2.35. The van der Waals surface area contributed by atoms with Crippen molar-refractivity contribution in [1.82, 2.24) is 0 Å². The number of aliphatic hydroxyl groups excluding tert-OH is 3. The van der Waals surface area contributed by atoms with Gasteiger partial charge in [-0.25, -0.2) is 14.4 Å². The molecule has 0 aliphatic heterocycles. The Morgan fingerprint density at radius 1 is 0.897 bits per heavy atom. The number of carbonyl (C=O) groups excluding carboxylic acids is 1. The van der Waals surface area contributed by atoms with Crippen LogP contribution in [0.2, 0.25) is 0 Å². The largest absolute Gasteiger partial charge is 0.480 e. The molecule has 0 heterocycles. The van der Waals surface area contributed by atoms with Crippen LogP contribution in [0.25, 0.3) is 0 Å². The number of hydrogen-bond donors (Lipinski definition) is 6. The molecular weight excluding hydrogens is 392 g/mol. The Morgan fingerprint density at radius 2 is 1.31 bits per heavy atom. The second-order valence-corrected chi connectivity index (χ2v) is 5.83. The van der Waals surface area contributed by atoms with Crippen molar-refractivity contribution >= 4 is 23.9 Å². The molecule has 0 aliphatic carbocycles. The van der Waals surface area contributed by atoms with Gasteiger partial charge < -0.3 is 35.4 Å². The number of esters is 1. The fourth-order valence-electron chi connectivity index (χ4n) is 1.53. The summed E-state index contributed by atoms with van der Waals surface area (Å²) in [4.78, 5) is 43.1. The molecule has 0 aromatic heterocycles. The number of carbonyl (C=O) groups is 4. The van der Waals surface area contributed by atoms with Crippen LogP contribution in [-0.2, 0) is 23.9 Å². The molecule has 0 spiro atoms. The van der Waals surface area contributed by atoms with E-state index in [9.17, 15) is 19.2 Å². The van der Waals surface area contributed by atoms with Crippen LogP contribution in [0.5, 0.6) is 0 Å². The maximum absolute atomic E-state index is 11.2. The first-order valence-electron chi connectivity index (χ1n) is 8.17. The third-order valence-corrected chi connectivity index (χ3v) is 3.82. The molecular formula is C18H26O11. The molecule has 11 nitrogen and oxygen atoms in total. The van der Waals surface area contributed by atoms with Crippen LogP contribution >= 0.6 is 0 Å². The highest BCUT2D eigenvalue weighted by Crippen LogP contribution is 2.23. The number of carboxylic acid groups (broad SMARTS) is 3. The Hall–Kier alpha value is -3.02. The van der Waals surface area contributed by atoms with Crippen LogP contribution in [0.15, 0.2) is 37.0 Å². The second kappa shape index (κ2) is 14.0. The minimum Gasteiger partial charge on any atom is -0.480 e. The molecule has 0 fully saturated rings. The molecule has 0 rings (SSSR count). The second-order valence-electron chi connectivity index (χ2n) is 5.83. The molecule has 0 aromatic rings. The van der Waals surface area contributed by atoms with Crippen LogP contribution in [0.3, 0.4) is 0 Å². The predicted molar refractivity (Wildman–Crippen MR) is 98.8 cm³/mol. The first kappa shape index (κ1) is 28.2. The van der Waals surface area contributed by atoms with Crippen molar-refractivity contribution in [2.75, 3.05) is 26.4 Å². The Bertz CT molecular complexity index is 588. The van der Waals surface area contributed by atoms with Crippen molar-refractivity contribution in [1.29, 1.82) is 0 Å². The fourth-order valence-corrected chi connectivity index (χ4v) is 1.53. The van der Waals surface area contributed by atoms with Crippen LogP contribution < -0.4 is 0 Å². The molecule has 0 radical (unpaired) electrons. The zero-order chi connectivity index (χ0) is 23.1. The van der Waals surface area contributed by atoms with E-state index in [4.69, 9.17) is 30.6 Å². The molecule has 164 valence electrons. The number of aliphatic hydroxyl groups is 3. The van der Waals surface area contributed by atoms with E-state index >= 15 is 0 Å². The van der Waals surface area contributed by atoms with Gasteiger partial charge in [-0.1, -0.05) is 25.7 Å². The first-order chi connectivity index (χ1) is 13.5. The van der Waals surface area contributed by atoms with Crippen molar-refractivity contribution in [2.45, 2.75) is 13.3 Å². The van der Waals surface area contributed by atoms with E-state index in [1.54, 1.807) is 0 Å². The predicted octanol–water partition coefficient (Wildman–Crippen LogP) is -0.572. The van der Waals surface area contributed by atoms with E-state index < -0.39 is 41.3 Å². The quantitative estimate of drug-likeness (QED) is 0.175. The normalized spacial score (nSPS) is 13.2. The first-order valence-corrected chi connectivity index (χ1v) is 8.17. The number of aliphatic carboxylic acids is 3. The third kappa shape index (κ3) is 10.8. The highest BCUT2D eigenvalue weighted by atomic mass is 16.5. The van der Waals surface area contributed by atoms with Crippen LogP contribution in [-0.4, -0.2) is 80.9 Å². The van der Waals surface area contributed by atoms with E-state index in [-0.39, 0.29) is 19.8 Å². The van der Waals surface area contributed by atoms with Crippen LogP contribution in [0.1, 0.15) is 13.3 Å². The smallest absolute Gasteiger partial charge is 0.330 e. The Kier molecular flexibility index (Phi) is 13.7. The topological polar surface area (TPSA) is 199 Å². The lowest BCUT2D eigenvalue weighted by atomic mass is 9.88. The maximum atomic E-state index is 11.2. The van der Waals surface area contributed by atoms with Crippen LogP contribution in [0, 0.1) is 10.8 Å². The van der Waals surface area contributed by atoms with Gasteiger partial charge in [-0.2, -0.15) is 0 Å². The van der Waals surface area contributed by atoms with Gasteiger partial charge in [-0.05, 0) is 6.42 Å². The molecule has 0 saturated heterocycles. The molecule has 0 bridgehead atoms. The van der Waals surface area contributed by atoms with Crippen molar-refractivity contribution < 1.29 is 54.6 Å². The van der Waals surface area contributed by atoms with Gasteiger partial charge in [-0.3, -0.25) is 4.79 Å². The van der Waals surface area contributed by atoms with E-state index in [1.165, 1.54) is 0 Å². The molecule has 0 saturated carbocycles. The van der Waals surface area contributed by atoms with Gasteiger partial charge in [-0.15, -0.1) is 0 Å². The lowest BCUT2D eigenvalue weighted by Gasteiger charge is -2.24. The Balaban J connectivity index is 0. The molecule has 29 heavy (non-hydrogen) atoms. The van der Waals surface area contributed by atoms with Gasteiger partial charge >= 0.3 is 23.9 Å². The average molecular weight is 418 g/mol. The number of hydrogen-bond acceptors (Lipinski definition) is 8. The molecule has 0 aliphatic rings. The Morgan fingerprint density at radius 3 is 1.52 bits per heavy atom. The number of rotatable bonds is 12. The summed E-state index contributed by atoms with van der Waals surface area (Å²) in [6.45, 7) is 3.68. The van der Waals surface area contributed by atoms with E-state index in [1.807, 2.05) is 6.92 Å². The van der Waals surface area contributed by atoms with E-state index in [0.717, 1.165) is 6.08 Å². The van der Waals surface area contributed by atoms with Gasteiger partial charge in [0.25, 0.3) is 0 Å². The van der Waals surface area contributed by atoms with E-state index in [2.05, 4.69) is 11.3 Å². The molecule has 0 amide bonds. The SMILES string of the molecule is C=CC(=O)OCC(C=CC(=O)O)(C=CC(=O)O)C(=O)O.CCC(CO)(CO)CO. The van der Waals surface area contributed by atoms with Crippen molar-refractivity contribution in [3.05, 3.63) is 37.0 Å². The summed E-state index contributed by atoms with van der Waals surface area (Å²) in [5.74, 6) is -5.38. The maximum Gasteiger partial charge on any atom is 0.330 e. The van der Waals surface area contributed by atoms with Crippen LogP contribution in [0.4, 0.5) is 0 Å². The Labute approximate surface area is 166 Å². The third-order valence-electron chi connectivity index (χ3n) is 3.82. The summed E-state index contributed by atoms with van der Waals surface area (Å²) in [5.41, 5.74) is -2.77. The number of ether oxygens (including phenoxy) is 1. The minimum absolute atomic E-state index is 0.156. The zero-order valence-corrected chi connectivity index (χ0v) is 15.9. The molecule has 0 unspecified atom stereocenters. The van der Waals surface area contributed by atoms with Crippen molar-refractivity contribution in [3.8, 4) is 0 Å². The molecule has 0 aromatic carbocycles. The summed E-state index contributed by atoms with van der Waals surface area (Å²) in [5, 5.41) is 52.1. The van der Waals surface area contributed by atoms with Gasteiger partial charge in [0.2, 0.25) is 0 Å². The summed E-state index contributed by atoms with van der Waals surface area (Å²) in [6, 6.07) is 0. The summed E-state index contributed by atoms with van der Waals surface area (Å²) in [6.07, 6.45) is 3.84. The summed E-state index contributed by atoms with van der Waals surface area (Å²) < 4.78 is 4.56. The zero-order valence-electron chi connectivity index (χ0n) is 15.9. The molecule has 0 atom stereocenters. The lowest BCUT2D eigenvalue weighted by molar-refractivity contribution is -0.150. The van der Waals surface area contributed by atoms with Gasteiger partial charge in [0.15, 0.2) is 0 Å². The monoisotopic (exact) mass is 418 g/mol. The number of carboxylic acids is 3.